The number of hydrogen-bond donors (Lipinski definition) is 1. The maximum atomic E-state index is 5.69. The number of nitrogens with two attached hydrogens (primary N) is 1. The van der Waals surface area contributed by atoms with E-state index in [4.69, 9.17) is 18.0 Å². The molecule has 0 amide bonds. The van der Waals surface area contributed by atoms with Gasteiger partial charge in [-0.3, -0.25) is 4.90 Å². The van der Waals surface area contributed by atoms with Crippen LogP contribution in [-0.2, 0) is 6.54 Å². The molecule has 0 spiro atoms. The Hall–Kier alpha value is -0.930. The van der Waals surface area contributed by atoms with Crippen LogP contribution in [0.3, 0.4) is 0 Å². The number of benzene rings is 1. The topological polar surface area (TPSA) is 29.3 Å². The second-order valence-corrected chi connectivity index (χ2v) is 6.35. The highest BCUT2D eigenvalue weighted by molar-refractivity contribution is 7.80. The first-order chi connectivity index (χ1) is 9.06. The molecule has 104 valence electrons. The standard InChI is InChI=1S/C16H24N2S/c1-12-5-3-8-15(9-12)18(2)11-13-6-4-7-14(10-13)16(17)19/h4,6-7,10,12,15H,3,5,8-9,11H2,1-2H3,(H2,17,19). The number of rotatable bonds is 4. The van der Waals surface area contributed by atoms with Gasteiger partial charge in [-0.25, -0.2) is 0 Å². The predicted molar refractivity (Wildman–Crippen MR) is 85.2 cm³/mol. The smallest absolute Gasteiger partial charge is 0.103 e. The lowest BCUT2D eigenvalue weighted by atomic mass is 9.86. The summed E-state index contributed by atoms with van der Waals surface area (Å²) in [5.74, 6) is 0.865. The van der Waals surface area contributed by atoms with Crippen molar-refractivity contribution in [3.8, 4) is 0 Å². The Morgan fingerprint density at radius 2 is 2.21 bits per heavy atom. The van der Waals surface area contributed by atoms with Crippen LogP contribution in [0.15, 0.2) is 24.3 Å². The van der Waals surface area contributed by atoms with E-state index in [1.165, 1.54) is 31.2 Å². The first kappa shape index (κ1) is 14.5. The fraction of sp³-hybridized carbons (Fsp3) is 0.562. The van der Waals surface area contributed by atoms with Gasteiger partial charge >= 0.3 is 0 Å². The fourth-order valence-corrected chi connectivity index (χ4v) is 3.17. The van der Waals surface area contributed by atoms with Crippen molar-refractivity contribution in [2.75, 3.05) is 7.05 Å². The van der Waals surface area contributed by atoms with E-state index in [1.54, 1.807) is 0 Å². The van der Waals surface area contributed by atoms with Crippen LogP contribution < -0.4 is 5.73 Å². The molecule has 2 unspecified atom stereocenters. The summed E-state index contributed by atoms with van der Waals surface area (Å²) in [6.07, 6.45) is 5.41. The largest absolute Gasteiger partial charge is 0.389 e. The third kappa shape index (κ3) is 4.02. The first-order valence-electron chi connectivity index (χ1n) is 7.15. The van der Waals surface area contributed by atoms with Crippen molar-refractivity contribution >= 4 is 17.2 Å². The maximum absolute atomic E-state index is 5.69. The van der Waals surface area contributed by atoms with Gasteiger partial charge in [-0.15, -0.1) is 0 Å². The zero-order valence-corrected chi connectivity index (χ0v) is 12.7. The van der Waals surface area contributed by atoms with Crippen molar-refractivity contribution < 1.29 is 0 Å². The molecule has 3 heteroatoms. The summed E-state index contributed by atoms with van der Waals surface area (Å²) in [5, 5.41) is 0. The lowest BCUT2D eigenvalue weighted by molar-refractivity contribution is 0.157. The number of hydrogen-bond acceptors (Lipinski definition) is 2. The second kappa shape index (κ2) is 6.49. The Morgan fingerprint density at radius 3 is 2.89 bits per heavy atom. The fourth-order valence-electron chi connectivity index (χ4n) is 3.04. The highest BCUT2D eigenvalue weighted by atomic mass is 32.1. The van der Waals surface area contributed by atoms with Gasteiger partial charge in [0.2, 0.25) is 0 Å². The lowest BCUT2D eigenvalue weighted by Gasteiger charge is -2.34. The summed E-state index contributed by atoms with van der Waals surface area (Å²) in [5.41, 5.74) is 7.96. The van der Waals surface area contributed by atoms with Gasteiger partial charge in [0.1, 0.15) is 4.99 Å². The van der Waals surface area contributed by atoms with Crippen LogP contribution in [0.25, 0.3) is 0 Å². The van der Waals surface area contributed by atoms with E-state index in [2.05, 4.69) is 31.0 Å². The number of thiocarbonyl (C=S) groups is 1. The second-order valence-electron chi connectivity index (χ2n) is 5.91. The third-order valence-electron chi connectivity index (χ3n) is 4.18. The van der Waals surface area contributed by atoms with Crippen LogP contribution in [0.1, 0.15) is 43.7 Å². The summed E-state index contributed by atoms with van der Waals surface area (Å²) in [6.45, 7) is 3.35. The van der Waals surface area contributed by atoms with Crippen LogP contribution >= 0.6 is 12.2 Å². The molecule has 1 aliphatic carbocycles. The van der Waals surface area contributed by atoms with E-state index in [0.717, 1.165) is 24.1 Å². The van der Waals surface area contributed by atoms with Crippen LogP contribution in [0, 0.1) is 5.92 Å². The van der Waals surface area contributed by atoms with E-state index in [-0.39, 0.29) is 0 Å². The quantitative estimate of drug-likeness (QED) is 0.855. The van der Waals surface area contributed by atoms with Crippen molar-refractivity contribution in [3.05, 3.63) is 35.4 Å². The molecule has 2 N–H and O–H groups in total. The Bertz CT molecular complexity index is 444. The zero-order valence-electron chi connectivity index (χ0n) is 11.9. The molecule has 0 aliphatic heterocycles. The maximum Gasteiger partial charge on any atom is 0.103 e. The molecule has 2 rings (SSSR count). The molecular formula is C16H24N2S. The third-order valence-corrected chi connectivity index (χ3v) is 4.41. The average Bonchev–Trinajstić information content (AvgIpc) is 2.39. The van der Waals surface area contributed by atoms with E-state index < -0.39 is 0 Å². The normalized spacial score (nSPS) is 23.5. The van der Waals surface area contributed by atoms with E-state index in [0.29, 0.717) is 4.99 Å². The summed E-state index contributed by atoms with van der Waals surface area (Å²) in [4.78, 5) is 2.96. The van der Waals surface area contributed by atoms with Gasteiger partial charge in [0.15, 0.2) is 0 Å². The molecule has 1 saturated carbocycles. The highest BCUT2D eigenvalue weighted by Gasteiger charge is 2.22. The SMILES string of the molecule is CC1CCCC(N(C)Cc2cccc(C(N)=S)c2)C1. The summed E-state index contributed by atoms with van der Waals surface area (Å²) >= 11 is 5.04. The Balaban J connectivity index is 1.99. The molecule has 1 aliphatic rings. The van der Waals surface area contributed by atoms with Gasteiger partial charge in [0.25, 0.3) is 0 Å². The Morgan fingerprint density at radius 1 is 1.42 bits per heavy atom. The minimum atomic E-state index is 0.482. The molecule has 0 heterocycles. The van der Waals surface area contributed by atoms with E-state index >= 15 is 0 Å². The Labute approximate surface area is 122 Å². The van der Waals surface area contributed by atoms with Crippen molar-refractivity contribution in [1.29, 1.82) is 0 Å². The minimum Gasteiger partial charge on any atom is -0.389 e. The molecule has 0 aromatic heterocycles. The molecule has 2 nitrogen and oxygen atoms in total. The lowest BCUT2D eigenvalue weighted by Crippen LogP contribution is -2.35. The van der Waals surface area contributed by atoms with Gasteiger partial charge in [-0.05, 0) is 37.4 Å². The van der Waals surface area contributed by atoms with Crippen LogP contribution in [0.5, 0.6) is 0 Å². The molecule has 0 bridgehead atoms. The van der Waals surface area contributed by atoms with Crippen molar-refractivity contribution in [1.82, 2.24) is 4.90 Å². The van der Waals surface area contributed by atoms with Gasteiger partial charge in [0, 0.05) is 18.2 Å². The predicted octanol–water partition coefficient (Wildman–Crippen LogP) is 3.33. The van der Waals surface area contributed by atoms with Crippen LogP contribution in [0.4, 0.5) is 0 Å². The average molecular weight is 276 g/mol. The van der Waals surface area contributed by atoms with Gasteiger partial charge in [0.05, 0.1) is 0 Å². The molecule has 1 aromatic carbocycles. The summed E-state index contributed by atoms with van der Waals surface area (Å²) in [6, 6.07) is 9.02. The van der Waals surface area contributed by atoms with Crippen molar-refractivity contribution in [2.45, 2.75) is 45.2 Å². The monoisotopic (exact) mass is 276 g/mol. The summed E-state index contributed by atoms with van der Waals surface area (Å²) in [7, 11) is 2.23. The van der Waals surface area contributed by atoms with E-state index in [1.807, 2.05) is 12.1 Å². The molecule has 1 fully saturated rings. The van der Waals surface area contributed by atoms with Gasteiger partial charge < -0.3 is 5.73 Å². The van der Waals surface area contributed by atoms with Gasteiger partial charge in [-0.1, -0.05) is 50.2 Å². The molecule has 2 atom stereocenters. The summed E-state index contributed by atoms with van der Waals surface area (Å²) < 4.78 is 0. The Kier molecular flexibility index (Phi) is 4.94. The van der Waals surface area contributed by atoms with Crippen molar-refractivity contribution in [2.24, 2.45) is 11.7 Å². The highest BCUT2D eigenvalue weighted by Crippen LogP contribution is 2.27. The molecular weight excluding hydrogens is 252 g/mol. The molecule has 0 radical (unpaired) electrons. The van der Waals surface area contributed by atoms with E-state index in [9.17, 15) is 0 Å². The van der Waals surface area contributed by atoms with Crippen LogP contribution in [-0.4, -0.2) is 23.0 Å². The van der Waals surface area contributed by atoms with Crippen LogP contribution in [0.2, 0.25) is 0 Å². The van der Waals surface area contributed by atoms with Crippen molar-refractivity contribution in [3.63, 3.8) is 0 Å². The number of nitrogens with zero attached hydrogens (tertiary/aromatic N) is 1. The minimum absolute atomic E-state index is 0.482. The molecule has 19 heavy (non-hydrogen) atoms. The molecule has 0 saturated heterocycles. The zero-order chi connectivity index (χ0) is 13.8. The molecule has 1 aromatic rings. The first-order valence-corrected chi connectivity index (χ1v) is 7.56. The van der Waals surface area contributed by atoms with Gasteiger partial charge in [-0.2, -0.15) is 0 Å².